The first-order chi connectivity index (χ1) is 12.2. The van der Waals surface area contributed by atoms with Gasteiger partial charge in [0.15, 0.2) is 5.82 Å². The molecule has 4 aromatic rings. The summed E-state index contributed by atoms with van der Waals surface area (Å²) >= 11 is 0. The number of amides is 1. The Morgan fingerprint density at radius 2 is 2.04 bits per heavy atom. The molecule has 1 amide bonds. The molecule has 0 atom stereocenters. The second kappa shape index (κ2) is 6.12. The maximum atomic E-state index is 12.5. The molecule has 0 aliphatic rings. The summed E-state index contributed by atoms with van der Waals surface area (Å²) in [5, 5.41) is 14.9. The number of H-pyrrole nitrogens is 1. The molecule has 0 aliphatic carbocycles. The van der Waals surface area contributed by atoms with Gasteiger partial charge in [-0.3, -0.25) is 9.89 Å². The lowest BCUT2D eigenvalue weighted by Crippen LogP contribution is -2.11. The first-order valence-corrected chi connectivity index (χ1v) is 7.68. The number of ether oxygens (including phenoxy) is 1. The summed E-state index contributed by atoms with van der Waals surface area (Å²) in [5.41, 5.74) is 2.15. The van der Waals surface area contributed by atoms with Gasteiger partial charge in [-0.15, -0.1) is 0 Å². The van der Waals surface area contributed by atoms with Gasteiger partial charge in [0.1, 0.15) is 5.75 Å². The molecule has 0 saturated carbocycles. The number of methoxy groups -OCH3 is 1. The van der Waals surface area contributed by atoms with E-state index < -0.39 is 0 Å². The molecule has 0 bridgehead atoms. The predicted octanol–water partition coefficient (Wildman–Crippen LogP) is 3.01. The van der Waals surface area contributed by atoms with Crippen LogP contribution < -0.4 is 10.1 Å². The molecule has 4 rings (SSSR count). The van der Waals surface area contributed by atoms with E-state index in [1.807, 2.05) is 48.5 Å². The van der Waals surface area contributed by atoms with E-state index in [1.165, 1.54) is 6.20 Å². The minimum absolute atomic E-state index is 0.279. The van der Waals surface area contributed by atoms with Crippen molar-refractivity contribution in [2.24, 2.45) is 0 Å². The average Bonchev–Trinajstić information content (AvgIpc) is 3.30. The zero-order chi connectivity index (χ0) is 17.2. The van der Waals surface area contributed by atoms with Crippen LogP contribution in [0.25, 0.3) is 16.6 Å². The molecule has 0 unspecified atom stereocenters. The number of anilines is 1. The maximum absolute atomic E-state index is 12.5. The first kappa shape index (κ1) is 14.9. The lowest BCUT2D eigenvalue weighted by atomic mass is 10.2. The van der Waals surface area contributed by atoms with E-state index in [-0.39, 0.29) is 5.91 Å². The Morgan fingerprint density at radius 3 is 2.84 bits per heavy atom. The van der Waals surface area contributed by atoms with Crippen molar-refractivity contribution >= 4 is 22.6 Å². The zero-order valence-corrected chi connectivity index (χ0v) is 13.4. The number of carbonyl (C=O) groups excluding carboxylic acids is 1. The van der Waals surface area contributed by atoms with Crippen LogP contribution in [0, 0.1) is 0 Å². The summed E-state index contributed by atoms with van der Waals surface area (Å²) in [4.78, 5) is 12.5. The first-order valence-electron chi connectivity index (χ1n) is 7.68. The van der Waals surface area contributed by atoms with Crippen LogP contribution in [-0.2, 0) is 0 Å². The Bertz CT molecular complexity index is 1040. The van der Waals surface area contributed by atoms with Gasteiger partial charge in [-0.25, -0.2) is 4.68 Å². The zero-order valence-electron chi connectivity index (χ0n) is 13.4. The van der Waals surface area contributed by atoms with Gasteiger partial charge in [-0.1, -0.05) is 18.2 Å². The van der Waals surface area contributed by atoms with Crippen LogP contribution >= 0.6 is 0 Å². The van der Waals surface area contributed by atoms with Gasteiger partial charge in [0.25, 0.3) is 5.91 Å². The van der Waals surface area contributed by atoms with Crippen molar-refractivity contribution < 1.29 is 9.53 Å². The quantitative estimate of drug-likeness (QED) is 0.601. The third kappa shape index (κ3) is 2.83. The molecule has 0 saturated heterocycles. The number of aromatic nitrogens is 4. The fourth-order valence-electron chi connectivity index (χ4n) is 2.56. The van der Waals surface area contributed by atoms with E-state index in [1.54, 1.807) is 18.0 Å². The van der Waals surface area contributed by atoms with Crippen molar-refractivity contribution in [3.8, 4) is 11.4 Å². The highest BCUT2D eigenvalue weighted by molar-refractivity contribution is 6.07. The fraction of sp³-hybridized carbons (Fsp3) is 0.0556. The molecule has 124 valence electrons. The molecule has 0 spiro atoms. The van der Waals surface area contributed by atoms with Gasteiger partial charge in [0.05, 0.1) is 30.1 Å². The number of hydrogen-bond acceptors (Lipinski definition) is 4. The number of nitrogens with zero attached hydrogens (tertiary/aromatic N) is 3. The topological polar surface area (TPSA) is 84.8 Å². The van der Waals surface area contributed by atoms with Gasteiger partial charge in [-0.2, -0.15) is 10.2 Å². The monoisotopic (exact) mass is 333 g/mol. The molecule has 2 aromatic carbocycles. The Morgan fingerprint density at radius 1 is 1.20 bits per heavy atom. The summed E-state index contributed by atoms with van der Waals surface area (Å²) in [6.07, 6.45) is 3.21. The van der Waals surface area contributed by atoms with Crippen LogP contribution in [0.3, 0.4) is 0 Å². The lowest BCUT2D eigenvalue weighted by molar-refractivity contribution is 0.102. The average molecular weight is 333 g/mol. The number of hydrogen-bond donors (Lipinski definition) is 2. The maximum Gasteiger partial charge on any atom is 0.260 e. The van der Waals surface area contributed by atoms with Crippen molar-refractivity contribution in [2.45, 2.75) is 0 Å². The highest BCUT2D eigenvalue weighted by atomic mass is 16.5. The van der Waals surface area contributed by atoms with Gasteiger partial charge < -0.3 is 10.1 Å². The summed E-state index contributed by atoms with van der Waals surface area (Å²) in [6.45, 7) is 0. The molecule has 0 aliphatic heterocycles. The van der Waals surface area contributed by atoms with E-state index in [4.69, 9.17) is 4.74 Å². The minimum Gasteiger partial charge on any atom is -0.497 e. The minimum atomic E-state index is -0.279. The Kier molecular flexibility index (Phi) is 3.66. The summed E-state index contributed by atoms with van der Waals surface area (Å²) in [6, 6.07) is 15.1. The van der Waals surface area contributed by atoms with Crippen LogP contribution in [-0.4, -0.2) is 33.0 Å². The van der Waals surface area contributed by atoms with Crippen LogP contribution in [0.2, 0.25) is 0 Å². The fourth-order valence-corrected chi connectivity index (χ4v) is 2.56. The highest BCUT2D eigenvalue weighted by Crippen LogP contribution is 2.25. The molecule has 2 heterocycles. The van der Waals surface area contributed by atoms with E-state index in [0.29, 0.717) is 17.1 Å². The van der Waals surface area contributed by atoms with Crippen molar-refractivity contribution in [2.75, 3.05) is 12.4 Å². The Balaban J connectivity index is 1.59. The van der Waals surface area contributed by atoms with Crippen LogP contribution in [0.4, 0.5) is 5.82 Å². The Hall–Kier alpha value is -3.61. The van der Waals surface area contributed by atoms with E-state index in [9.17, 15) is 4.79 Å². The normalized spacial score (nSPS) is 10.8. The third-order valence-corrected chi connectivity index (χ3v) is 3.87. The van der Waals surface area contributed by atoms with Crippen molar-refractivity contribution in [3.05, 3.63) is 66.5 Å². The molecule has 7 nitrogen and oxygen atoms in total. The second-order valence-electron chi connectivity index (χ2n) is 5.45. The number of fused-ring (bicyclic) bond motifs is 1. The number of para-hydroxylation sites is 1. The number of carbonyl (C=O) groups is 1. The summed E-state index contributed by atoms with van der Waals surface area (Å²) < 4.78 is 6.87. The van der Waals surface area contributed by atoms with Crippen molar-refractivity contribution in [1.82, 2.24) is 20.0 Å². The van der Waals surface area contributed by atoms with Gasteiger partial charge in [0.2, 0.25) is 0 Å². The molecule has 2 N–H and O–H groups in total. The number of benzene rings is 2. The van der Waals surface area contributed by atoms with Gasteiger partial charge in [0, 0.05) is 11.6 Å². The molecule has 0 fully saturated rings. The molecule has 7 heteroatoms. The van der Waals surface area contributed by atoms with E-state index in [0.717, 1.165) is 16.6 Å². The standard InChI is InChI=1S/C18H15N5O2/c1-25-14-7-8-16-15(9-14)17(22-21-16)20-18(24)12-10-19-23(11-12)13-5-3-2-4-6-13/h2-11H,1H3,(H2,20,21,22,24). The van der Waals surface area contributed by atoms with Crippen LogP contribution in [0.1, 0.15) is 10.4 Å². The largest absolute Gasteiger partial charge is 0.497 e. The SMILES string of the molecule is COc1ccc2[nH]nc(NC(=O)c3cnn(-c4ccccc4)c3)c2c1. The van der Waals surface area contributed by atoms with Gasteiger partial charge in [-0.05, 0) is 30.3 Å². The second-order valence-corrected chi connectivity index (χ2v) is 5.45. The molecule has 25 heavy (non-hydrogen) atoms. The third-order valence-electron chi connectivity index (χ3n) is 3.87. The summed E-state index contributed by atoms with van der Waals surface area (Å²) in [7, 11) is 1.59. The molecular formula is C18H15N5O2. The summed E-state index contributed by atoms with van der Waals surface area (Å²) in [5.74, 6) is 0.867. The smallest absolute Gasteiger partial charge is 0.260 e. The van der Waals surface area contributed by atoms with E-state index >= 15 is 0 Å². The van der Waals surface area contributed by atoms with Crippen molar-refractivity contribution in [3.63, 3.8) is 0 Å². The van der Waals surface area contributed by atoms with Gasteiger partial charge >= 0.3 is 0 Å². The molecule has 0 radical (unpaired) electrons. The van der Waals surface area contributed by atoms with Crippen LogP contribution in [0.5, 0.6) is 5.75 Å². The van der Waals surface area contributed by atoms with Crippen molar-refractivity contribution in [1.29, 1.82) is 0 Å². The number of nitrogens with one attached hydrogen (secondary N) is 2. The van der Waals surface area contributed by atoms with E-state index in [2.05, 4.69) is 20.6 Å². The van der Waals surface area contributed by atoms with Crippen LogP contribution in [0.15, 0.2) is 60.9 Å². The highest BCUT2D eigenvalue weighted by Gasteiger charge is 2.14. The lowest BCUT2D eigenvalue weighted by Gasteiger charge is -2.02. The molecule has 2 aromatic heterocycles. The molecular weight excluding hydrogens is 318 g/mol. The number of rotatable bonds is 4. The predicted molar refractivity (Wildman–Crippen MR) is 94.2 cm³/mol. The Labute approximate surface area is 143 Å². The number of aromatic amines is 1.